The van der Waals surface area contributed by atoms with E-state index in [-0.39, 0.29) is 5.91 Å². The van der Waals surface area contributed by atoms with E-state index in [2.05, 4.69) is 10.3 Å². The second kappa shape index (κ2) is 5.11. The first-order valence-corrected chi connectivity index (χ1v) is 6.95. The maximum Gasteiger partial charge on any atom is 0.257 e. The quantitative estimate of drug-likeness (QED) is 0.911. The smallest absolute Gasteiger partial charge is 0.257 e. The van der Waals surface area contributed by atoms with Crippen molar-refractivity contribution in [3.8, 4) is 17.6 Å². The number of ether oxygens (including phenoxy) is 2. The highest BCUT2D eigenvalue weighted by Gasteiger charge is 2.34. The van der Waals surface area contributed by atoms with E-state index in [4.69, 9.17) is 14.7 Å². The van der Waals surface area contributed by atoms with Crippen LogP contribution in [0.3, 0.4) is 0 Å². The number of amides is 1. The van der Waals surface area contributed by atoms with Crippen molar-refractivity contribution in [2.45, 2.75) is 26.1 Å². The van der Waals surface area contributed by atoms with Gasteiger partial charge in [0.15, 0.2) is 11.5 Å². The number of rotatable bonds is 3. The van der Waals surface area contributed by atoms with Gasteiger partial charge in [0, 0.05) is 31.3 Å². The van der Waals surface area contributed by atoms with E-state index >= 15 is 0 Å². The molecule has 0 saturated carbocycles. The summed E-state index contributed by atoms with van der Waals surface area (Å²) >= 11 is 0. The van der Waals surface area contributed by atoms with Gasteiger partial charge in [-0.3, -0.25) is 4.79 Å². The summed E-state index contributed by atoms with van der Waals surface area (Å²) in [5.41, 5.74) is 1.34. The number of H-pyrrole nitrogens is 1. The Balaban J connectivity index is 1.76. The van der Waals surface area contributed by atoms with Crippen LogP contribution in [0.25, 0.3) is 0 Å². The molecule has 1 aliphatic rings. The third-order valence-corrected chi connectivity index (χ3v) is 3.56. The summed E-state index contributed by atoms with van der Waals surface area (Å²) < 4.78 is 11.5. The van der Waals surface area contributed by atoms with Gasteiger partial charge in [-0.15, -0.1) is 0 Å². The van der Waals surface area contributed by atoms with Crippen LogP contribution in [-0.2, 0) is 0 Å². The molecule has 1 aromatic carbocycles. The van der Waals surface area contributed by atoms with Crippen molar-refractivity contribution >= 4 is 11.6 Å². The highest BCUT2D eigenvalue weighted by Crippen LogP contribution is 2.42. The second-order valence-corrected chi connectivity index (χ2v) is 5.22. The van der Waals surface area contributed by atoms with Gasteiger partial charge < -0.3 is 19.8 Å². The molecular weight excluding hydrogens is 282 g/mol. The molecule has 0 radical (unpaired) electrons. The van der Waals surface area contributed by atoms with Crippen molar-refractivity contribution in [1.29, 1.82) is 5.26 Å². The maximum atomic E-state index is 12.1. The molecule has 1 unspecified atom stereocenters. The van der Waals surface area contributed by atoms with Crippen LogP contribution in [0.1, 0.15) is 36.3 Å². The molecule has 0 spiro atoms. The van der Waals surface area contributed by atoms with Gasteiger partial charge in [0.1, 0.15) is 11.8 Å². The van der Waals surface area contributed by atoms with Gasteiger partial charge in [0.2, 0.25) is 5.79 Å². The molecule has 0 bridgehead atoms. The zero-order valence-corrected chi connectivity index (χ0v) is 12.3. The molecule has 6 nitrogen and oxygen atoms in total. The van der Waals surface area contributed by atoms with Crippen LogP contribution in [0.2, 0.25) is 0 Å². The van der Waals surface area contributed by atoms with Gasteiger partial charge in [-0.1, -0.05) is 6.92 Å². The SMILES string of the molecule is CCC1(C)Oc2ccc(NC(=O)c3c[nH]c(C#N)c3)cc2O1. The van der Waals surface area contributed by atoms with Crippen LogP contribution < -0.4 is 14.8 Å². The van der Waals surface area contributed by atoms with Gasteiger partial charge in [-0.05, 0) is 18.2 Å². The molecule has 0 fully saturated rings. The molecule has 1 aromatic heterocycles. The number of aromatic nitrogens is 1. The standard InChI is InChI=1S/C16H15N3O3/c1-3-16(2)21-13-5-4-11(7-14(13)22-16)19-15(20)10-6-12(8-17)18-9-10/h4-7,9,18H,3H2,1-2H3,(H,19,20). The van der Waals surface area contributed by atoms with Crippen LogP contribution in [0.5, 0.6) is 11.5 Å². The highest BCUT2D eigenvalue weighted by atomic mass is 16.7. The van der Waals surface area contributed by atoms with Crippen molar-refractivity contribution in [2.24, 2.45) is 0 Å². The molecule has 0 aliphatic carbocycles. The number of nitrogens with one attached hydrogen (secondary N) is 2. The number of carbonyl (C=O) groups excluding carboxylic acids is 1. The van der Waals surface area contributed by atoms with Gasteiger partial charge in [-0.2, -0.15) is 5.26 Å². The number of aromatic amines is 1. The molecule has 2 heterocycles. The average molecular weight is 297 g/mol. The Morgan fingerprint density at radius 1 is 1.36 bits per heavy atom. The van der Waals surface area contributed by atoms with Crippen LogP contribution in [-0.4, -0.2) is 16.7 Å². The topological polar surface area (TPSA) is 87.1 Å². The molecule has 22 heavy (non-hydrogen) atoms. The predicted octanol–water partition coefficient (Wildman–Crippen LogP) is 3.04. The lowest BCUT2D eigenvalue weighted by Gasteiger charge is -2.20. The summed E-state index contributed by atoms with van der Waals surface area (Å²) in [5.74, 6) is 0.312. The molecule has 0 saturated heterocycles. The number of nitrogens with zero attached hydrogens (tertiary/aromatic N) is 1. The molecule has 1 amide bonds. The second-order valence-electron chi connectivity index (χ2n) is 5.22. The molecule has 6 heteroatoms. The van der Waals surface area contributed by atoms with Crippen LogP contribution >= 0.6 is 0 Å². The van der Waals surface area contributed by atoms with E-state index in [1.165, 1.54) is 12.3 Å². The number of nitriles is 1. The number of fused-ring (bicyclic) bond motifs is 1. The first kappa shape index (κ1) is 14.0. The molecule has 2 N–H and O–H groups in total. The van der Waals surface area contributed by atoms with Gasteiger partial charge >= 0.3 is 0 Å². The summed E-state index contributed by atoms with van der Waals surface area (Å²) in [7, 11) is 0. The fourth-order valence-electron chi connectivity index (χ4n) is 2.17. The zero-order chi connectivity index (χ0) is 15.7. The number of benzene rings is 1. The van der Waals surface area contributed by atoms with E-state index in [0.29, 0.717) is 34.9 Å². The Morgan fingerprint density at radius 3 is 2.82 bits per heavy atom. The molecule has 112 valence electrons. The summed E-state index contributed by atoms with van der Waals surface area (Å²) in [5, 5.41) is 11.5. The number of hydrogen-bond donors (Lipinski definition) is 2. The lowest BCUT2D eigenvalue weighted by molar-refractivity contribution is -0.0640. The lowest BCUT2D eigenvalue weighted by Crippen LogP contribution is -2.33. The summed E-state index contributed by atoms with van der Waals surface area (Å²) in [4.78, 5) is 14.8. The van der Waals surface area contributed by atoms with E-state index in [1.54, 1.807) is 18.2 Å². The maximum absolute atomic E-state index is 12.1. The first-order valence-electron chi connectivity index (χ1n) is 6.95. The fourth-order valence-corrected chi connectivity index (χ4v) is 2.17. The van der Waals surface area contributed by atoms with Crippen molar-refractivity contribution in [3.05, 3.63) is 41.7 Å². The number of carbonyl (C=O) groups is 1. The Morgan fingerprint density at radius 2 is 2.14 bits per heavy atom. The Kier molecular flexibility index (Phi) is 3.26. The van der Waals surface area contributed by atoms with Crippen LogP contribution in [0, 0.1) is 11.3 Å². The number of anilines is 1. The lowest BCUT2D eigenvalue weighted by atomic mass is 10.2. The van der Waals surface area contributed by atoms with Crippen molar-refractivity contribution < 1.29 is 14.3 Å². The van der Waals surface area contributed by atoms with Crippen molar-refractivity contribution in [3.63, 3.8) is 0 Å². The van der Waals surface area contributed by atoms with Gasteiger partial charge in [0.25, 0.3) is 5.91 Å². The molecule has 1 atom stereocenters. The Hall–Kier alpha value is -2.94. The van der Waals surface area contributed by atoms with Crippen LogP contribution in [0.15, 0.2) is 30.5 Å². The van der Waals surface area contributed by atoms with Crippen molar-refractivity contribution in [2.75, 3.05) is 5.32 Å². The minimum absolute atomic E-state index is 0.296. The minimum Gasteiger partial charge on any atom is -0.449 e. The minimum atomic E-state index is -0.659. The normalized spacial score (nSPS) is 18.8. The third-order valence-electron chi connectivity index (χ3n) is 3.56. The monoisotopic (exact) mass is 297 g/mol. The fraction of sp³-hybridized carbons (Fsp3) is 0.250. The molecule has 2 aromatic rings. The van der Waals surface area contributed by atoms with E-state index in [0.717, 1.165) is 0 Å². The van der Waals surface area contributed by atoms with E-state index in [1.807, 2.05) is 19.9 Å². The van der Waals surface area contributed by atoms with Gasteiger partial charge in [-0.25, -0.2) is 0 Å². The number of hydrogen-bond acceptors (Lipinski definition) is 4. The van der Waals surface area contributed by atoms with Crippen molar-refractivity contribution in [1.82, 2.24) is 4.98 Å². The molecule has 3 rings (SSSR count). The van der Waals surface area contributed by atoms with E-state index < -0.39 is 5.79 Å². The summed E-state index contributed by atoms with van der Waals surface area (Å²) in [6.45, 7) is 3.85. The Bertz CT molecular complexity index is 775. The third kappa shape index (κ3) is 2.49. The Labute approximate surface area is 127 Å². The predicted molar refractivity (Wildman–Crippen MR) is 79.9 cm³/mol. The van der Waals surface area contributed by atoms with Gasteiger partial charge in [0.05, 0.1) is 5.56 Å². The summed E-state index contributed by atoms with van der Waals surface area (Å²) in [6, 6.07) is 8.68. The molecular formula is C16H15N3O3. The average Bonchev–Trinajstić information content (AvgIpc) is 3.10. The molecule has 1 aliphatic heterocycles. The zero-order valence-electron chi connectivity index (χ0n) is 12.3. The first-order chi connectivity index (χ1) is 10.5. The summed E-state index contributed by atoms with van der Waals surface area (Å²) in [6.07, 6.45) is 2.21. The van der Waals surface area contributed by atoms with E-state index in [9.17, 15) is 4.79 Å². The van der Waals surface area contributed by atoms with Crippen LogP contribution in [0.4, 0.5) is 5.69 Å². The largest absolute Gasteiger partial charge is 0.449 e. The highest BCUT2D eigenvalue weighted by molar-refractivity contribution is 6.04.